The van der Waals surface area contributed by atoms with E-state index in [4.69, 9.17) is 9.47 Å². The number of rotatable bonds is 3. The van der Waals surface area contributed by atoms with Crippen LogP contribution >= 0.6 is 0 Å². The fourth-order valence-electron chi connectivity index (χ4n) is 3.67. The molecule has 0 atom stereocenters. The molecular formula is C23H23NO5S. The quantitative estimate of drug-likeness (QED) is 0.759. The molecule has 30 heavy (non-hydrogen) atoms. The van der Waals surface area contributed by atoms with E-state index in [0.29, 0.717) is 41.9 Å². The van der Waals surface area contributed by atoms with Gasteiger partial charge in [0.05, 0.1) is 10.5 Å². The molecule has 0 bridgehead atoms. The Hall–Kier alpha value is -2.98. The lowest BCUT2D eigenvalue weighted by Gasteiger charge is -2.19. The highest BCUT2D eigenvalue weighted by molar-refractivity contribution is 7.90. The van der Waals surface area contributed by atoms with Crippen LogP contribution < -0.4 is 14.8 Å². The van der Waals surface area contributed by atoms with Gasteiger partial charge in [0, 0.05) is 29.5 Å². The lowest BCUT2D eigenvalue weighted by atomic mass is 10.1. The van der Waals surface area contributed by atoms with Crippen molar-refractivity contribution in [1.29, 1.82) is 0 Å². The summed E-state index contributed by atoms with van der Waals surface area (Å²) >= 11 is 0. The first-order valence-electron chi connectivity index (χ1n) is 9.97. The van der Waals surface area contributed by atoms with Crippen molar-refractivity contribution in [2.75, 3.05) is 24.8 Å². The van der Waals surface area contributed by atoms with Gasteiger partial charge in [-0.2, -0.15) is 0 Å². The van der Waals surface area contributed by atoms with Crippen molar-refractivity contribution in [1.82, 2.24) is 0 Å². The zero-order valence-electron chi connectivity index (χ0n) is 16.7. The molecular weight excluding hydrogens is 402 g/mol. The molecule has 0 spiro atoms. The average Bonchev–Trinajstić information content (AvgIpc) is 3.25. The van der Waals surface area contributed by atoms with Crippen molar-refractivity contribution < 1.29 is 22.7 Å². The van der Waals surface area contributed by atoms with E-state index in [9.17, 15) is 13.2 Å². The second-order valence-corrected chi connectivity index (χ2v) is 9.53. The van der Waals surface area contributed by atoms with Gasteiger partial charge in [0.2, 0.25) is 0 Å². The summed E-state index contributed by atoms with van der Waals surface area (Å²) in [7, 11) is -3.62. The van der Waals surface area contributed by atoms with Gasteiger partial charge in [-0.25, -0.2) is 8.42 Å². The number of benzene rings is 2. The number of hydrogen-bond acceptors (Lipinski definition) is 5. The number of hydrogen-bond donors (Lipinski definition) is 1. The lowest BCUT2D eigenvalue weighted by Crippen LogP contribution is -2.18. The van der Waals surface area contributed by atoms with Gasteiger partial charge in [0.15, 0.2) is 21.3 Å². The first-order valence-corrected chi connectivity index (χ1v) is 11.9. The summed E-state index contributed by atoms with van der Waals surface area (Å²) in [4.78, 5) is 12.8. The van der Waals surface area contributed by atoms with E-state index in [1.807, 2.05) is 0 Å². The Morgan fingerprint density at radius 3 is 2.50 bits per heavy atom. The number of ether oxygens (including phenoxy) is 2. The third-order valence-corrected chi connectivity index (χ3v) is 6.34. The van der Waals surface area contributed by atoms with Gasteiger partial charge in [-0.3, -0.25) is 4.79 Å². The molecule has 2 aromatic carbocycles. The number of fused-ring (bicyclic) bond motifs is 1. The number of carbonyl (C=O) groups excluding carboxylic acids is 1. The van der Waals surface area contributed by atoms with Gasteiger partial charge in [0.25, 0.3) is 5.91 Å². The molecule has 1 fully saturated rings. The van der Waals surface area contributed by atoms with E-state index in [1.54, 1.807) is 24.3 Å². The van der Waals surface area contributed by atoms with Crippen LogP contribution in [0.25, 0.3) is 0 Å². The Morgan fingerprint density at radius 2 is 1.77 bits per heavy atom. The second kappa shape index (κ2) is 8.41. The van der Waals surface area contributed by atoms with Crippen molar-refractivity contribution >= 4 is 21.4 Å². The molecule has 6 nitrogen and oxygen atoms in total. The van der Waals surface area contributed by atoms with Crippen molar-refractivity contribution in [2.24, 2.45) is 5.92 Å². The summed E-state index contributed by atoms with van der Waals surface area (Å²) in [5, 5.41) is 2.74. The largest absolute Gasteiger partial charge is 0.486 e. The van der Waals surface area contributed by atoms with E-state index in [-0.39, 0.29) is 10.5 Å². The van der Waals surface area contributed by atoms with Gasteiger partial charge in [-0.05, 0) is 43.2 Å². The zero-order valence-corrected chi connectivity index (χ0v) is 17.6. The topological polar surface area (TPSA) is 81.7 Å². The van der Waals surface area contributed by atoms with E-state index in [1.165, 1.54) is 25.0 Å². The molecule has 156 valence electrons. The Balaban J connectivity index is 1.60. The molecule has 1 aliphatic carbocycles. The predicted octanol–water partition coefficient (Wildman–Crippen LogP) is 3.66. The smallest absolute Gasteiger partial charge is 0.256 e. The third kappa shape index (κ3) is 4.60. The van der Waals surface area contributed by atoms with Crippen molar-refractivity contribution in [3.05, 3.63) is 47.5 Å². The molecule has 0 saturated heterocycles. The molecule has 0 radical (unpaired) electrons. The monoisotopic (exact) mass is 425 g/mol. The predicted molar refractivity (Wildman–Crippen MR) is 114 cm³/mol. The van der Waals surface area contributed by atoms with Crippen LogP contribution in [0.4, 0.5) is 5.69 Å². The Kier molecular flexibility index (Phi) is 5.69. The summed E-state index contributed by atoms with van der Waals surface area (Å²) in [6.07, 6.45) is 5.64. The summed E-state index contributed by atoms with van der Waals surface area (Å²) in [6.45, 7) is 0.915. The molecule has 1 aliphatic heterocycles. The first kappa shape index (κ1) is 20.3. The van der Waals surface area contributed by atoms with E-state index < -0.39 is 15.7 Å². The van der Waals surface area contributed by atoms with Gasteiger partial charge in [-0.1, -0.05) is 24.7 Å². The Morgan fingerprint density at radius 1 is 1.03 bits per heavy atom. The summed E-state index contributed by atoms with van der Waals surface area (Å²) in [6, 6.07) is 9.75. The highest BCUT2D eigenvalue weighted by Gasteiger charge is 2.21. The first-order chi connectivity index (χ1) is 14.4. The molecule has 1 amide bonds. The number of sulfone groups is 1. The normalized spacial score (nSPS) is 15.9. The number of anilines is 1. The minimum absolute atomic E-state index is 0.0317. The van der Waals surface area contributed by atoms with Crippen LogP contribution in [0.3, 0.4) is 0 Å². The SMILES string of the molecule is CS(=O)(=O)c1cc(C#CC2CCCC2)ccc1C(=O)Nc1ccc2c(c1)OCCO2. The third-order valence-electron chi connectivity index (χ3n) is 5.20. The minimum Gasteiger partial charge on any atom is -0.486 e. The Bertz CT molecular complexity index is 1140. The van der Waals surface area contributed by atoms with Gasteiger partial charge in [-0.15, -0.1) is 0 Å². The molecule has 2 aliphatic rings. The minimum atomic E-state index is -3.62. The highest BCUT2D eigenvalue weighted by atomic mass is 32.2. The van der Waals surface area contributed by atoms with Gasteiger partial charge < -0.3 is 14.8 Å². The molecule has 7 heteroatoms. The maximum Gasteiger partial charge on any atom is 0.256 e. The van der Waals surface area contributed by atoms with Crippen LogP contribution in [0, 0.1) is 17.8 Å². The van der Waals surface area contributed by atoms with Gasteiger partial charge in [0.1, 0.15) is 13.2 Å². The van der Waals surface area contributed by atoms with E-state index in [2.05, 4.69) is 17.2 Å². The summed E-state index contributed by atoms with van der Waals surface area (Å²) < 4.78 is 35.7. The van der Waals surface area contributed by atoms with Crippen LogP contribution in [-0.4, -0.2) is 33.8 Å². The molecule has 2 aromatic rings. The van der Waals surface area contributed by atoms with Crippen molar-refractivity contribution in [3.63, 3.8) is 0 Å². The standard InChI is InChI=1S/C23H23NO5S/c1-30(26,27)22-14-17(7-6-16-4-2-3-5-16)8-10-19(22)23(25)24-18-9-11-20-21(15-18)29-13-12-28-20/h8-11,14-16H,2-5,12-13H2,1H3,(H,24,25). The number of amides is 1. The molecule has 4 rings (SSSR count). The number of carbonyl (C=O) groups is 1. The molecule has 1 saturated carbocycles. The van der Waals surface area contributed by atoms with E-state index in [0.717, 1.165) is 19.1 Å². The van der Waals surface area contributed by atoms with Crippen molar-refractivity contribution in [3.8, 4) is 23.3 Å². The maximum absolute atomic E-state index is 12.8. The molecule has 0 unspecified atom stereocenters. The zero-order chi connectivity index (χ0) is 21.1. The number of nitrogens with one attached hydrogen (secondary N) is 1. The highest BCUT2D eigenvalue weighted by Crippen LogP contribution is 2.33. The van der Waals surface area contributed by atoms with Crippen LogP contribution in [-0.2, 0) is 9.84 Å². The lowest BCUT2D eigenvalue weighted by molar-refractivity contribution is 0.102. The van der Waals surface area contributed by atoms with Crippen LogP contribution in [0.2, 0.25) is 0 Å². The maximum atomic E-state index is 12.8. The van der Waals surface area contributed by atoms with Gasteiger partial charge >= 0.3 is 0 Å². The fourth-order valence-corrected chi connectivity index (χ4v) is 4.57. The molecule has 1 N–H and O–H groups in total. The van der Waals surface area contributed by atoms with Crippen LogP contribution in [0.5, 0.6) is 11.5 Å². The van der Waals surface area contributed by atoms with Crippen LogP contribution in [0.1, 0.15) is 41.6 Å². The summed E-state index contributed by atoms with van der Waals surface area (Å²) in [5.74, 6) is 7.30. The molecule has 0 aromatic heterocycles. The summed E-state index contributed by atoms with van der Waals surface area (Å²) in [5.41, 5.74) is 1.17. The van der Waals surface area contributed by atoms with Crippen molar-refractivity contribution in [2.45, 2.75) is 30.6 Å². The Labute approximate surface area is 176 Å². The second-order valence-electron chi connectivity index (χ2n) is 7.55. The average molecular weight is 426 g/mol. The van der Waals surface area contributed by atoms with E-state index >= 15 is 0 Å². The van der Waals surface area contributed by atoms with Crippen LogP contribution in [0.15, 0.2) is 41.3 Å². The molecule has 1 heterocycles. The fraction of sp³-hybridized carbons (Fsp3) is 0.348.